The first-order valence-electron chi connectivity index (χ1n) is 3.82. The molecule has 0 aliphatic heterocycles. The average molecular weight is 202 g/mol. The van der Waals surface area contributed by atoms with Gasteiger partial charge in [0.15, 0.2) is 0 Å². The summed E-state index contributed by atoms with van der Waals surface area (Å²) in [7, 11) is 0. The second kappa shape index (κ2) is 5.27. The molecule has 0 amide bonds. The fourth-order valence-corrected chi connectivity index (χ4v) is 1.18. The Morgan fingerprint density at radius 3 is 2.15 bits per heavy atom. The topological polar surface area (TPSA) is 40.1 Å². The van der Waals surface area contributed by atoms with Crippen LogP contribution in [0.15, 0.2) is 12.1 Å². The third-order valence-electron chi connectivity index (χ3n) is 2.28. The molecule has 0 saturated carbocycles. The number of benzene rings is 1. The van der Waals surface area contributed by atoms with Gasteiger partial charge in [0, 0.05) is 5.56 Å². The number of hydrogen-bond donors (Lipinski definition) is 0. The van der Waals surface area contributed by atoms with Gasteiger partial charge in [-0.1, -0.05) is 12.1 Å². The van der Waals surface area contributed by atoms with E-state index in [0.717, 1.165) is 16.7 Å². The van der Waals surface area contributed by atoms with E-state index in [4.69, 9.17) is 0 Å². The Balaban J connectivity index is 0.00000144. The van der Waals surface area contributed by atoms with E-state index in [1.165, 1.54) is 0 Å². The van der Waals surface area contributed by atoms with Crippen LogP contribution >= 0.6 is 0 Å². The van der Waals surface area contributed by atoms with Crippen LogP contribution < -0.4 is 56.5 Å². The number of carbonyl (C=O) groups excluding carboxylic acids is 1. The molecule has 1 aromatic rings. The molecule has 13 heavy (non-hydrogen) atoms. The third kappa shape index (κ3) is 2.89. The summed E-state index contributed by atoms with van der Waals surface area (Å²) in [5, 5.41) is 10.6. The summed E-state index contributed by atoms with van der Waals surface area (Å²) in [5.41, 5.74) is 3.22. The SMILES string of the molecule is Cc1ccc(C(=O)[O-])c(C)c1C.[K+]. The minimum absolute atomic E-state index is 0. The Kier molecular flexibility index (Phi) is 5.40. The van der Waals surface area contributed by atoms with Gasteiger partial charge < -0.3 is 9.90 Å². The van der Waals surface area contributed by atoms with Crippen LogP contribution in [-0.2, 0) is 0 Å². The number of aryl methyl sites for hydroxylation is 1. The van der Waals surface area contributed by atoms with Crippen LogP contribution in [0.1, 0.15) is 27.0 Å². The van der Waals surface area contributed by atoms with Crippen molar-refractivity contribution in [3.05, 3.63) is 34.4 Å². The zero-order valence-corrected chi connectivity index (χ0v) is 11.6. The number of carboxylic acids is 1. The van der Waals surface area contributed by atoms with Crippen LogP contribution in [0.3, 0.4) is 0 Å². The van der Waals surface area contributed by atoms with Gasteiger partial charge in [-0.2, -0.15) is 0 Å². The number of rotatable bonds is 1. The normalized spacial score (nSPS) is 9.15. The molecule has 0 aliphatic carbocycles. The van der Waals surface area contributed by atoms with Crippen LogP contribution in [0.25, 0.3) is 0 Å². The molecule has 1 rings (SSSR count). The molecule has 0 atom stereocenters. The summed E-state index contributed by atoms with van der Waals surface area (Å²) in [5.74, 6) is -1.10. The predicted octanol–water partition coefficient (Wildman–Crippen LogP) is -2.02. The average Bonchev–Trinajstić information content (AvgIpc) is 2.00. The molecule has 0 radical (unpaired) electrons. The van der Waals surface area contributed by atoms with Crippen molar-refractivity contribution in [2.45, 2.75) is 20.8 Å². The van der Waals surface area contributed by atoms with Gasteiger partial charge in [0.1, 0.15) is 0 Å². The van der Waals surface area contributed by atoms with E-state index in [1.54, 1.807) is 19.1 Å². The van der Waals surface area contributed by atoms with Crippen LogP contribution in [0.4, 0.5) is 0 Å². The number of carboxylic acid groups (broad SMARTS) is 1. The van der Waals surface area contributed by atoms with E-state index >= 15 is 0 Å². The van der Waals surface area contributed by atoms with E-state index < -0.39 is 5.97 Å². The summed E-state index contributed by atoms with van der Waals surface area (Å²) in [6, 6.07) is 3.39. The summed E-state index contributed by atoms with van der Waals surface area (Å²) >= 11 is 0. The first-order chi connectivity index (χ1) is 5.54. The van der Waals surface area contributed by atoms with Crippen LogP contribution in [0.2, 0.25) is 0 Å². The van der Waals surface area contributed by atoms with Gasteiger partial charge >= 0.3 is 51.4 Å². The summed E-state index contributed by atoms with van der Waals surface area (Å²) < 4.78 is 0. The zero-order valence-electron chi connectivity index (χ0n) is 8.47. The van der Waals surface area contributed by atoms with E-state index in [2.05, 4.69) is 0 Å². The monoisotopic (exact) mass is 202 g/mol. The molecule has 1 aromatic carbocycles. The predicted molar refractivity (Wildman–Crippen MR) is 45.0 cm³/mol. The Morgan fingerprint density at radius 2 is 1.69 bits per heavy atom. The number of carbonyl (C=O) groups is 1. The van der Waals surface area contributed by atoms with Gasteiger partial charge in [0.2, 0.25) is 0 Å². The van der Waals surface area contributed by atoms with Gasteiger partial charge in [-0.15, -0.1) is 0 Å². The summed E-state index contributed by atoms with van der Waals surface area (Å²) in [6.45, 7) is 5.67. The van der Waals surface area contributed by atoms with Crippen LogP contribution in [0, 0.1) is 20.8 Å². The second-order valence-corrected chi connectivity index (χ2v) is 2.97. The molecule has 0 bridgehead atoms. The Bertz CT molecular complexity index is 332. The van der Waals surface area contributed by atoms with E-state index in [0.29, 0.717) is 0 Å². The molecule has 0 fully saturated rings. The van der Waals surface area contributed by atoms with E-state index in [1.807, 2.05) is 13.8 Å². The number of hydrogen-bond acceptors (Lipinski definition) is 2. The minimum Gasteiger partial charge on any atom is -0.545 e. The van der Waals surface area contributed by atoms with Crippen LogP contribution in [0.5, 0.6) is 0 Å². The standard InChI is InChI=1S/C10H12O2.K/c1-6-4-5-9(10(11)12)8(3)7(6)2;/h4-5H,1-3H3,(H,11,12);/q;+1/p-1. The molecular weight excluding hydrogens is 191 g/mol. The Morgan fingerprint density at radius 1 is 1.15 bits per heavy atom. The first-order valence-corrected chi connectivity index (χ1v) is 3.82. The van der Waals surface area contributed by atoms with Gasteiger partial charge in [0.25, 0.3) is 0 Å². The van der Waals surface area contributed by atoms with Crippen LogP contribution in [-0.4, -0.2) is 5.97 Å². The van der Waals surface area contributed by atoms with Crippen molar-refractivity contribution in [1.29, 1.82) is 0 Å². The van der Waals surface area contributed by atoms with Crippen molar-refractivity contribution in [3.8, 4) is 0 Å². The maximum atomic E-state index is 10.6. The Labute approximate surface area is 121 Å². The molecule has 0 unspecified atom stereocenters. The molecule has 2 nitrogen and oxygen atoms in total. The number of aromatic carboxylic acids is 1. The largest absolute Gasteiger partial charge is 1.00 e. The molecule has 0 spiro atoms. The quantitative estimate of drug-likeness (QED) is 0.493. The van der Waals surface area contributed by atoms with Crippen molar-refractivity contribution >= 4 is 5.97 Å². The Hall–Kier alpha value is 0.326. The summed E-state index contributed by atoms with van der Waals surface area (Å²) in [4.78, 5) is 10.6. The molecule has 0 aliphatic rings. The van der Waals surface area contributed by atoms with Crippen molar-refractivity contribution in [2.24, 2.45) is 0 Å². The molecule has 0 aromatic heterocycles. The smallest absolute Gasteiger partial charge is 0.545 e. The molecule has 64 valence electrons. The summed E-state index contributed by atoms with van der Waals surface area (Å²) in [6.07, 6.45) is 0. The third-order valence-corrected chi connectivity index (χ3v) is 2.28. The zero-order chi connectivity index (χ0) is 9.30. The van der Waals surface area contributed by atoms with E-state index in [-0.39, 0.29) is 56.9 Å². The van der Waals surface area contributed by atoms with Gasteiger partial charge in [-0.25, -0.2) is 0 Å². The van der Waals surface area contributed by atoms with Gasteiger partial charge in [-0.3, -0.25) is 0 Å². The molecule has 3 heteroatoms. The fourth-order valence-electron chi connectivity index (χ4n) is 1.18. The molecular formula is C10H11KO2. The fraction of sp³-hybridized carbons (Fsp3) is 0.300. The van der Waals surface area contributed by atoms with E-state index in [9.17, 15) is 9.90 Å². The minimum atomic E-state index is -1.10. The molecule has 0 N–H and O–H groups in total. The first kappa shape index (κ1) is 13.3. The second-order valence-electron chi connectivity index (χ2n) is 2.97. The van der Waals surface area contributed by atoms with Gasteiger partial charge in [0.05, 0.1) is 5.97 Å². The van der Waals surface area contributed by atoms with Crippen molar-refractivity contribution in [3.63, 3.8) is 0 Å². The molecule has 0 saturated heterocycles. The van der Waals surface area contributed by atoms with Gasteiger partial charge in [-0.05, 0) is 37.5 Å². The maximum absolute atomic E-state index is 10.6. The van der Waals surface area contributed by atoms with Crippen molar-refractivity contribution in [2.75, 3.05) is 0 Å². The van der Waals surface area contributed by atoms with Crippen molar-refractivity contribution in [1.82, 2.24) is 0 Å². The molecule has 0 heterocycles. The van der Waals surface area contributed by atoms with Crippen molar-refractivity contribution < 1.29 is 61.3 Å². The maximum Gasteiger partial charge on any atom is 1.00 e.